The summed E-state index contributed by atoms with van der Waals surface area (Å²) in [5, 5.41) is 2.80. The molecule has 1 N–H and O–H groups in total. The zero-order valence-electron chi connectivity index (χ0n) is 12.0. The predicted molar refractivity (Wildman–Crippen MR) is 78.3 cm³/mol. The Labute approximate surface area is 116 Å². The van der Waals surface area contributed by atoms with Crippen molar-refractivity contribution in [3.05, 3.63) is 29.8 Å². The number of methoxy groups -OCH3 is 1. The van der Waals surface area contributed by atoms with Crippen molar-refractivity contribution in [1.29, 1.82) is 0 Å². The second-order valence-electron chi connectivity index (χ2n) is 4.71. The normalized spacial score (nSPS) is 14.9. The molecule has 5 heteroatoms. The molecule has 0 amide bonds. The molecule has 1 aromatic rings. The van der Waals surface area contributed by atoms with Gasteiger partial charge in [0, 0.05) is 11.8 Å². The highest BCUT2D eigenvalue weighted by molar-refractivity contribution is 7.91. The first-order valence-corrected chi connectivity index (χ1v) is 8.42. The molecule has 108 valence electrons. The molecule has 0 fully saturated rings. The van der Waals surface area contributed by atoms with Crippen LogP contribution in [0.1, 0.15) is 31.9 Å². The molecule has 0 heterocycles. The van der Waals surface area contributed by atoms with Gasteiger partial charge in [-0.25, -0.2) is 8.42 Å². The largest absolute Gasteiger partial charge is 0.496 e. The van der Waals surface area contributed by atoms with Gasteiger partial charge >= 0.3 is 0 Å². The predicted octanol–water partition coefficient (Wildman–Crippen LogP) is 2.17. The molecule has 19 heavy (non-hydrogen) atoms. The van der Waals surface area contributed by atoms with Crippen LogP contribution in [0.3, 0.4) is 0 Å². The minimum absolute atomic E-state index is 0.258. The Morgan fingerprint density at radius 1 is 1.32 bits per heavy atom. The Hall–Kier alpha value is -1.07. The van der Waals surface area contributed by atoms with Crippen molar-refractivity contribution in [2.45, 2.75) is 31.6 Å². The van der Waals surface area contributed by atoms with Gasteiger partial charge in [-0.05, 0) is 26.0 Å². The summed E-state index contributed by atoms with van der Waals surface area (Å²) in [4.78, 5) is 0. The molecule has 4 nitrogen and oxygen atoms in total. The van der Waals surface area contributed by atoms with Gasteiger partial charge in [-0.1, -0.05) is 25.1 Å². The summed E-state index contributed by atoms with van der Waals surface area (Å²) >= 11 is 0. The molecule has 1 rings (SSSR count). The summed E-state index contributed by atoms with van der Waals surface area (Å²) in [5.41, 5.74) is 0.886. The van der Waals surface area contributed by atoms with Crippen molar-refractivity contribution < 1.29 is 13.2 Å². The minimum atomic E-state index is -3.12. The van der Waals surface area contributed by atoms with E-state index in [1.54, 1.807) is 14.0 Å². The van der Waals surface area contributed by atoms with Crippen molar-refractivity contribution in [2.24, 2.45) is 0 Å². The van der Waals surface area contributed by atoms with Gasteiger partial charge in [0.25, 0.3) is 0 Å². The average molecular weight is 285 g/mol. The molecule has 0 aliphatic rings. The smallest absolute Gasteiger partial charge is 0.151 e. The Bertz CT molecular complexity index is 499. The molecule has 0 spiro atoms. The summed E-state index contributed by atoms with van der Waals surface area (Å²) in [6.45, 7) is 4.55. The van der Waals surface area contributed by atoms with Crippen LogP contribution in [0.25, 0.3) is 0 Å². The maximum atomic E-state index is 11.8. The molecule has 2 unspecified atom stereocenters. The van der Waals surface area contributed by atoms with Gasteiger partial charge < -0.3 is 10.1 Å². The fraction of sp³-hybridized carbons (Fsp3) is 0.571. The lowest BCUT2D eigenvalue weighted by molar-refractivity contribution is 0.396. The Balaban J connectivity index is 3.16. The fourth-order valence-corrected chi connectivity index (χ4v) is 2.74. The summed E-state index contributed by atoms with van der Waals surface area (Å²) in [6, 6.07) is 7.28. The number of rotatable bonds is 7. The van der Waals surface area contributed by atoms with E-state index < -0.39 is 15.1 Å². The second-order valence-corrected chi connectivity index (χ2v) is 7.11. The number of benzene rings is 1. The van der Waals surface area contributed by atoms with Crippen LogP contribution in [0, 0.1) is 0 Å². The average Bonchev–Trinajstić information content (AvgIpc) is 2.38. The van der Waals surface area contributed by atoms with Crippen LogP contribution in [-0.2, 0) is 9.84 Å². The van der Waals surface area contributed by atoms with Gasteiger partial charge in [-0.15, -0.1) is 0 Å². The summed E-state index contributed by atoms with van der Waals surface area (Å²) in [5.74, 6) is 0.714. The molecule has 0 aliphatic carbocycles. The highest BCUT2D eigenvalue weighted by Crippen LogP contribution is 2.29. The molecule has 1 aromatic carbocycles. The van der Waals surface area contributed by atoms with E-state index >= 15 is 0 Å². The number of nitrogens with one attached hydrogen (secondary N) is 1. The van der Waals surface area contributed by atoms with Crippen LogP contribution in [-0.4, -0.2) is 33.6 Å². The number of sulfone groups is 1. The van der Waals surface area contributed by atoms with Crippen LogP contribution in [0.5, 0.6) is 5.75 Å². The second kappa shape index (κ2) is 6.91. The fourth-order valence-electron chi connectivity index (χ4n) is 2.00. The molecular formula is C14H23NO3S. The number of ether oxygens (including phenoxy) is 1. The van der Waals surface area contributed by atoms with Crippen molar-refractivity contribution in [1.82, 2.24) is 5.32 Å². The van der Waals surface area contributed by atoms with Crippen LogP contribution in [0.4, 0.5) is 0 Å². The van der Waals surface area contributed by atoms with Crippen LogP contribution < -0.4 is 10.1 Å². The summed E-state index contributed by atoms with van der Waals surface area (Å²) < 4.78 is 29.0. The lowest BCUT2D eigenvalue weighted by Crippen LogP contribution is -2.35. The van der Waals surface area contributed by atoms with Gasteiger partial charge in [0.1, 0.15) is 5.75 Å². The van der Waals surface area contributed by atoms with Crippen LogP contribution in [0.15, 0.2) is 24.3 Å². The lowest BCUT2D eigenvalue weighted by atomic mass is 10.0. The van der Waals surface area contributed by atoms with E-state index in [0.29, 0.717) is 5.75 Å². The SMILES string of the molecule is CCCNC(c1ccccc1OC)C(C)S(C)(=O)=O. The third-order valence-electron chi connectivity index (χ3n) is 3.23. The highest BCUT2D eigenvalue weighted by Gasteiger charge is 2.28. The number of hydrogen-bond donors (Lipinski definition) is 1. The number of hydrogen-bond acceptors (Lipinski definition) is 4. The molecular weight excluding hydrogens is 262 g/mol. The Morgan fingerprint density at radius 3 is 2.47 bits per heavy atom. The van der Waals surface area contributed by atoms with Crippen molar-refractivity contribution >= 4 is 9.84 Å². The highest BCUT2D eigenvalue weighted by atomic mass is 32.2. The standard InChI is InChI=1S/C14H23NO3S/c1-5-10-15-14(11(2)19(4,16)17)12-8-6-7-9-13(12)18-3/h6-9,11,14-15H,5,10H2,1-4H3. The topological polar surface area (TPSA) is 55.4 Å². The van der Waals surface area contributed by atoms with Gasteiger partial charge in [0.05, 0.1) is 18.4 Å². The lowest BCUT2D eigenvalue weighted by Gasteiger charge is -2.26. The van der Waals surface area contributed by atoms with E-state index in [0.717, 1.165) is 18.5 Å². The van der Waals surface area contributed by atoms with Crippen LogP contribution in [0.2, 0.25) is 0 Å². The first-order valence-electron chi connectivity index (χ1n) is 6.47. The van der Waals surface area contributed by atoms with E-state index in [1.807, 2.05) is 24.3 Å². The third-order valence-corrected chi connectivity index (χ3v) is 4.86. The van der Waals surface area contributed by atoms with Gasteiger partial charge in [-0.2, -0.15) is 0 Å². The number of para-hydroxylation sites is 1. The molecule has 0 aliphatic heterocycles. The van der Waals surface area contributed by atoms with E-state index in [2.05, 4.69) is 12.2 Å². The third kappa shape index (κ3) is 4.21. The van der Waals surface area contributed by atoms with Gasteiger partial charge in [0.15, 0.2) is 9.84 Å². The Kier molecular flexibility index (Phi) is 5.82. The zero-order chi connectivity index (χ0) is 14.5. The van der Waals surface area contributed by atoms with Gasteiger partial charge in [0.2, 0.25) is 0 Å². The van der Waals surface area contributed by atoms with E-state index in [4.69, 9.17) is 4.74 Å². The quantitative estimate of drug-likeness (QED) is 0.834. The molecule has 0 aromatic heterocycles. The van der Waals surface area contributed by atoms with E-state index in [1.165, 1.54) is 6.26 Å². The van der Waals surface area contributed by atoms with E-state index in [-0.39, 0.29) is 6.04 Å². The van der Waals surface area contributed by atoms with Crippen LogP contribution >= 0.6 is 0 Å². The maximum Gasteiger partial charge on any atom is 0.151 e. The Morgan fingerprint density at radius 2 is 1.95 bits per heavy atom. The van der Waals surface area contributed by atoms with Crippen molar-refractivity contribution in [3.8, 4) is 5.75 Å². The maximum absolute atomic E-state index is 11.8. The minimum Gasteiger partial charge on any atom is -0.496 e. The monoisotopic (exact) mass is 285 g/mol. The summed E-state index contributed by atoms with van der Waals surface area (Å²) in [7, 11) is -1.53. The molecule has 2 atom stereocenters. The molecule has 0 saturated carbocycles. The molecule has 0 saturated heterocycles. The van der Waals surface area contributed by atoms with Crippen molar-refractivity contribution in [2.75, 3.05) is 19.9 Å². The van der Waals surface area contributed by atoms with E-state index in [9.17, 15) is 8.42 Å². The van der Waals surface area contributed by atoms with Gasteiger partial charge in [-0.3, -0.25) is 0 Å². The first kappa shape index (κ1) is 16.0. The zero-order valence-corrected chi connectivity index (χ0v) is 12.8. The molecule has 0 radical (unpaired) electrons. The van der Waals surface area contributed by atoms with Crippen molar-refractivity contribution in [3.63, 3.8) is 0 Å². The summed E-state index contributed by atoms with van der Waals surface area (Å²) in [6.07, 6.45) is 2.22. The first-order chi connectivity index (χ1) is 8.91. The molecule has 0 bridgehead atoms.